The highest BCUT2D eigenvalue weighted by atomic mass is 32.2. The molecule has 0 N–H and O–H groups in total. The number of nitrogens with zero attached hydrogens (tertiary/aromatic N) is 4. The van der Waals surface area contributed by atoms with Gasteiger partial charge in [-0.05, 0) is 26.8 Å². The van der Waals surface area contributed by atoms with Crippen LogP contribution in [0.25, 0.3) is 0 Å². The van der Waals surface area contributed by atoms with Crippen LogP contribution < -0.4 is 15.1 Å². The Hall–Kier alpha value is -3.53. The Balaban J connectivity index is 2.17. The van der Waals surface area contributed by atoms with E-state index >= 15 is 0 Å². The summed E-state index contributed by atoms with van der Waals surface area (Å²) >= 11 is 0. The number of pyridine rings is 1. The maximum atomic E-state index is 13.5. The average molecular weight is 519 g/mol. The second kappa shape index (κ2) is 9.99. The van der Waals surface area contributed by atoms with Crippen LogP contribution in [-0.2, 0) is 33.3 Å². The number of carbonyl (C=O) groups is 3. The van der Waals surface area contributed by atoms with Crippen LogP contribution in [0.4, 0.5) is 9.59 Å². The van der Waals surface area contributed by atoms with E-state index in [0.29, 0.717) is 0 Å². The molecule has 15 nitrogen and oxygen atoms in total. The highest BCUT2D eigenvalue weighted by Gasteiger charge is 2.45. The lowest BCUT2D eigenvalue weighted by Crippen LogP contribution is -2.67. The van der Waals surface area contributed by atoms with E-state index in [1.807, 2.05) is 0 Å². The first kappa shape index (κ1) is 26.1. The van der Waals surface area contributed by atoms with Crippen molar-refractivity contribution in [3.05, 3.63) is 23.3 Å². The highest BCUT2D eigenvalue weighted by molar-refractivity contribution is 7.85. The SMILES string of the molecule is COC(=O)OCOc1c2n(cc/c1=N\OS(C)(=O)=O)N(C(=O)OC(C)(C)C)[C@@H]1COCCN1C2=O. The number of carbonyl (C=O) groups excluding carboxylic acids is 3. The number of aromatic nitrogens is 1. The van der Waals surface area contributed by atoms with Gasteiger partial charge in [-0.25, -0.2) is 14.3 Å². The lowest BCUT2D eigenvalue weighted by atomic mass is 10.2. The van der Waals surface area contributed by atoms with Crippen molar-refractivity contribution in [1.82, 2.24) is 9.58 Å². The Labute approximate surface area is 200 Å². The number of ether oxygens (including phenoxy) is 5. The first-order valence-corrected chi connectivity index (χ1v) is 12.1. The zero-order valence-electron chi connectivity index (χ0n) is 19.7. The molecule has 2 aliphatic heterocycles. The molecule has 2 aliphatic rings. The fraction of sp³-hybridized carbons (Fsp3) is 0.579. The summed E-state index contributed by atoms with van der Waals surface area (Å²) in [5.74, 6) is -0.897. The Morgan fingerprint density at radius 2 is 2.00 bits per heavy atom. The van der Waals surface area contributed by atoms with E-state index in [9.17, 15) is 22.8 Å². The van der Waals surface area contributed by atoms with E-state index in [-0.39, 0.29) is 36.6 Å². The summed E-state index contributed by atoms with van der Waals surface area (Å²) in [5, 5.41) is 4.48. The van der Waals surface area contributed by atoms with Gasteiger partial charge in [-0.2, -0.15) is 13.4 Å². The summed E-state index contributed by atoms with van der Waals surface area (Å²) in [6, 6.07) is 1.24. The van der Waals surface area contributed by atoms with E-state index < -0.39 is 46.8 Å². The van der Waals surface area contributed by atoms with Gasteiger partial charge < -0.3 is 28.6 Å². The topological polar surface area (TPSA) is 164 Å². The van der Waals surface area contributed by atoms with E-state index in [2.05, 4.69) is 14.2 Å². The number of fused-ring (bicyclic) bond motifs is 2. The Morgan fingerprint density at radius 3 is 2.63 bits per heavy atom. The van der Waals surface area contributed by atoms with Gasteiger partial charge >= 0.3 is 22.4 Å². The van der Waals surface area contributed by atoms with Gasteiger partial charge in [0, 0.05) is 12.7 Å². The van der Waals surface area contributed by atoms with Crippen molar-refractivity contribution < 1.29 is 50.8 Å². The predicted octanol–water partition coefficient (Wildman–Crippen LogP) is 0.0845. The van der Waals surface area contributed by atoms with Crippen LogP contribution in [0, 0.1) is 0 Å². The second-order valence-corrected chi connectivity index (χ2v) is 9.89. The third-order valence-corrected chi connectivity index (χ3v) is 4.88. The van der Waals surface area contributed by atoms with Crippen molar-refractivity contribution >= 4 is 28.3 Å². The maximum Gasteiger partial charge on any atom is 0.510 e. The molecule has 1 aromatic heterocycles. The van der Waals surface area contributed by atoms with Crippen molar-refractivity contribution in [2.45, 2.75) is 32.5 Å². The number of amides is 2. The van der Waals surface area contributed by atoms with Crippen LogP contribution in [0.5, 0.6) is 5.75 Å². The van der Waals surface area contributed by atoms with Crippen LogP contribution in [0.1, 0.15) is 31.3 Å². The summed E-state index contributed by atoms with van der Waals surface area (Å²) in [6.07, 6.45) is -0.619. The number of hydrogen-bond donors (Lipinski definition) is 0. The first-order valence-electron chi connectivity index (χ1n) is 10.3. The van der Waals surface area contributed by atoms with Crippen LogP contribution >= 0.6 is 0 Å². The highest BCUT2D eigenvalue weighted by Crippen LogP contribution is 2.27. The molecular formula is C19H26N4O11S. The zero-order chi connectivity index (χ0) is 26.0. The number of morpholine rings is 1. The molecule has 0 unspecified atom stereocenters. The number of methoxy groups -OCH3 is 1. The van der Waals surface area contributed by atoms with Crippen molar-refractivity contribution in [3.8, 4) is 5.75 Å². The molecule has 1 saturated heterocycles. The fourth-order valence-electron chi connectivity index (χ4n) is 3.24. The molecule has 16 heteroatoms. The molecule has 3 heterocycles. The molecule has 35 heavy (non-hydrogen) atoms. The molecular weight excluding hydrogens is 492 g/mol. The molecule has 0 spiro atoms. The molecule has 2 amide bonds. The zero-order valence-corrected chi connectivity index (χ0v) is 20.6. The maximum absolute atomic E-state index is 13.5. The van der Waals surface area contributed by atoms with E-state index in [1.165, 1.54) is 21.8 Å². The van der Waals surface area contributed by atoms with Gasteiger partial charge in [0.25, 0.3) is 5.91 Å². The van der Waals surface area contributed by atoms with Crippen molar-refractivity contribution in [2.75, 3.05) is 44.9 Å². The average Bonchev–Trinajstić information content (AvgIpc) is 2.76. The lowest BCUT2D eigenvalue weighted by Gasteiger charge is -2.46. The summed E-state index contributed by atoms with van der Waals surface area (Å²) in [6.45, 7) is 4.70. The molecule has 0 aliphatic carbocycles. The Morgan fingerprint density at radius 1 is 1.29 bits per heavy atom. The van der Waals surface area contributed by atoms with Crippen LogP contribution in [-0.4, -0.2) is 87.8 Å². The quantitative estimate of drug-likeness (QED) is 0.294. The molecule has 3 rings (SSSR count). The van der Waals surface area contributed by atoms with Gasteiger partial charge in [0.05, 0.1) is 26.6 Å². The number of hydrogen-bond acceptors (Lipinski definition) is 12. The molecule has 1 atom stereocenters. The van der Waals surface area contributed by atoms with Gasteiger partial charge in [0.2, 0.25) is 6.79 Å². The van der Waals surface area contributed by atoms with E-state index in [4.69, 9.17) is 18.9 Å². The van der Waals surface area contributed by atoms with Gasteiger partial charge in [-0.3, -0.25) is 9.08 Å². The smallest absolute Gasteiger partial charge is 0.452 e. The van der Waals surface area contributed by atoms with Gasteiger partial charge in [-0.1, -0.05) is 5.16 Å². The minimum Gasteiger partial charge on any atom is -0.452 e. The summed E-state index contributed by atoms with van der Waals surface area (Å²) in [4.78, 5) is 39.4. The van der Waals surface area contributed by atoms with Gasteiger partial charge in [0.1, 0.15) is 5.60 Å². The largest absolute Gasteiger partial charge is 0.510 e. The van der Waals surface area contributed by atoms with Gasteiger partial charge in [0.15, 0.2) is 23.0 Å². The van der Waals surface area contributed by atoms with Crippen molar-refractivity contribution in [2.24, 2.45) is 5.16 Å². The third kappa shape index (κ3) is 6.13. The van der Waals surface area contributed by atoms with E-state index in [1.54, 1.807) is 20.8 Å². The molecule has 1 aromatic rings. The number of rotatable bonds is 5. The van der Waals surface area contributed by atoms with Gasteiger partial charge in [-0.15, -0.1) is 0 Å². The molecule has 1 fully saturated rings. The summed E-state index contributed by atoms with van der Waals surface area (Å²) < 4.78 is 54.2. The minimum atomic E-state index is -4.01. The van der Waals surface area contributed by atoms with E-state index in [0.717, 1.165) is 18.4 Å². The van der Waals surface area contributed by atoms with Crippen LogP contribution in [0.2, 0.25) is 0 Å². The molecule has 0 radical (unpaired) electrons. The van der Waals surface area contributed by atoms with Crippen LogP contribution in [0.3, 0.4) is 0 Å². The molecule has 0 saturated carbocycles. The third-order valence-electron chi connectivity index (χ3n) is 4.53. The van der Waals surface area contributed by atoms with Crippen LogP contribution in [0.15, 0.2) is 17.4 Å². The standard InChI is InChI=1S/C19H26N4O11S/c1-19(2,3)33-17(25)23-13-10-30-9-8-21(13)16(24)14-15(31-11-32-18(26)29-4)12(6-7-22(14)23)20-34-35(5,27)28/h6-7,13H,8-11H2,1-5H3/b20-12+/t13-/m1/s1. The molecule has 0 bridgehead atoms. The summed E-state index contributed by atoms with van der Waals surface area (Å²) in [5.41, 5.74) is -1.08. The molecule has 194 valence electrons. The lowest BCUT2D eigenvalue weighted by molar-refractivity contribution is -0.0232. The second-order valence-electron chi connectivity index (χ2n) is 8.33. The minimum absolute atomic E-state index is 0.0163. The normalized spacial score (nSPS) is 18.4. The summed E-state index contributed by atoms with van der Waals surface area (Å²) in [7, 11) is -2.92. The predicted molar refractivity (Wildman–Crippen MR) is 115 cm³/mol. The Kier molecular flexibility index (Phi) is 7.44. The van der Waals surface area contributed by atoms with Crippen molar-refractivity contribution in [3.63, 3.8) is 0 Å². The first-order chi connectivity index (χ1) is 16.3. The molecule has 0 aromatic carbocycles. The monoisotopic (exact) mass is 518 g/mol. The fourth-order valence-corrected chi connectivity index (χ4v) is 3.45. The van der Waals surface area contributed by atoms with Crippen molar-refractivity contribution in [1.29, 1.82) is 0 Å². The Bertz CT molecular complexity index is 1170.